The van der Waals surface area contributed by atoms with Crippen molar-refractivity contribution >= 4 is 29.1 Å². The molecule has 3 nitrogen and oxygen atoms in total. The van der Waals surface area contributed by atoms with Gasteiger partial charge in [-0.15, -0.1) is 0 Å². The molecule has 1 amide bonds. The maximum atomic E-state index is 13.3. The molecular weight excluding hydrogens is 362 g/mol. The molecule has 0 bridgehead atoms. The Morgan fingerprint density at radius 2 is 1.92 bits per heavy atom. The van der Waals surface area contributed by atoms with Gasteiger partial charge in [-0.1, -0.05) is 47.5 Å². The van der Waals surface area contributed by atoms with Crippen molar-refractivity contribution in [2.75, 3.05) is 7.05 Å². The molecule has 0 aliphatic heterocycles. The first-order chi connectivity index (χ1) is 12.0. The lowest BCUT2D eigenvalue weighted by molar-refractivity contribution is -0.126. The average Bonchev–Trinajstić information content (AvgIpc) is 3.38. The summed E-state index contributed by atoms with van der Waals surface area (Å²) in [6, 6.07) is 11.2. The highest BCUT2D eigenvalue weighted by molar-refractivity contribution is 6.42. The van der Waals surface area contributed by atoms with E-state index >= 15 is 0 Å². The predicted octanol–water partition coefficient (Wildman–Crippen LogP) is 4.58. The van der Waals surface area contributed by atoms with E-state index in [1.807, 2.05) is 24.1 Å². The zero-order chi connectivity index (χ0) is 18.0. The summed E-state index contributed by atoms with van der Waals surface area (Å²) in [5, 5.41) is 3.99. The molecule has 0 spiro atoms. The van der Waals surface area contributed by atoms with E-state index in [9.17, 15) is 9.18 Å². The van der Waals surface area contributed by atoms with Crippen molar-refractivity contribution in [3.8, 4) is 0 Å². The molecule has 1 aliphatic carbocycles. The third-order valence-corrected chi connectivity index (χ3v) is 5.11. The predicted molar refractivity (Wildman–Crippen MR) is 98.2 cm³/mol. The van der Waals surface area contributed by atoms with Gasteiger partial charge >= 0.3 is 0 Å². The fraction of sp³-hybridized carbons (Fsp3) is 0.316. The van der Waals surface area contributed by atoms with Crippen LogP contribution in [0.2, 0.25) is 10.0 Å². The Balaban J connectivity index is 1.85. The minimum atomic E-state index is -0.531. The maximum Gasteiger partial charge on any atom is 0.242 e. The summed E-state index contributed by atoms with van der Waals surface area (Å²) < 4.78 is 13.3. The van der Waals surface area contributed by atoms with Crippen LogP contribution in [0.1, 0.15) is 30.0 Å². The summed E-state index contributed by atoms with van der Waals surface area (Å²) in [6.07, 6.45) is 2.01. The number of benzene rings is 2. The second-order valence-electron chi connectivity index (χ2n) is 6.37. The van der Waals surface area contributed by atoms with Crippen LogP contribution in [0.25, 0.3) is 0 Å². The molecule has 3 rings (SSSR count). The number of nitrogens with zero attached hydrogens (tertiary/aromatic N) is 1. The Hall–Kier alpha value is -1.62. The van der Waals surface area contributed by atoms with Gasteiger partial charge in [-0.25, -0.2) is 4.39 Å². The summed E-state index contributed by atoms with van der Waals surface area (Å²) >= 11 is 12.4. The first-order valence-corrected chi connectivity index (χ1v) is 8.90. The second-order valence-corrected chi connectivity index (χ2v) is 7.15. The van der Waals surface area contributed by atoms with Gasteiger partial charge in [-0.2, -0.15) is 0 Å². The third-order valence-electron chi connectivity index (χ3n) is 4.25. The van der Waals surface area contributed by atoms with Gasteiger partial charge in [0.25, 0.3) is 0 Å². The lowest BCUT2D eigenvalue weighted by atomic mass is 10.0. The molecule has 2 aromatic rings. The molecule has 1 fully saturated rings. The van der Waals surface area contributed by atoms with E-state index in [0.29, 0.717) is 16.6 Å². The van der Waals surface area contributed by atoms with E-state index in [-0.39, 0.29) is 17.8 Å². The van der Waals surface area contributed by atoms with Crippen LogP contribution in [0, 0.1) is 5.82 Å². The van der Waals surface area contributed by atoms with Crippen LogP contribution < -0.4 is 5.32 Å². The SMILES string of the molecule is CN(Cc1cccc(Cl)c1Cl)[C@H](C(=O)NC1CC1)c1ccc(F)cc1. The van der Waals surface area contributed by atoms with Crippen molar-refractivity contribution in [2.24, 2.45) is 0 Å². The number of nitrogens with one attached hydrogen (secondary N) is 1. The Labute approximate surface area is 156 Å². The van der Waals surface area contributed by atoms with Gasteiger partial charge in [0.15, 0.2) is 0 Å². The highest BCUT2D eigenvalue weighted by Gasteiger charge is 2.31. The molecule has 1 atom stereocenters. The van der Waals surface area contributed by atoms with Crippen molar-refractivity contribution in [2.45, 2.75) is 31.5 Å². The number of hydrogen-bond acceptors (Lipinski definition) is 2. The number of carbonyl (C=O) groups is 1. The van der Waals surface area contributed by atoms with E-state index in [0.717, 1.165) is 24.0 Å². The quantitative estimate of drug-likeness (QED) is 0.794. The van der Waals surface area contributed by atoms with Crippen LogP contribution in [-0.2, 0) is 11.3 Å². The van der Waals surface area contributed by atoms with Crippen molar-refractivity contribution in [3.05, 3.63) is 69.5 Å². The molecule has 0 saturated heterocycles. The van der Waals surface area contributed by atoms with Crippen molar-refractivity contribution < 1.29 is 9.18 Å². The van der Waals surface area contributed by atoms with Crippen LogP contribution in [-0.4, -0.2) is 23.9 Å². The van der Waals surface area contributed by atoms with Crippen molar-refractivity contribution in [1.29, 1.82) is 0 Å². The van der Waals surface area contributed by atoms with E-state index in [1.165, 1.54) is 12.1 Å². The van der Waals surface area contributed by atoms with Gasteiger partial charge in [0, 0.05) is 12.6 Å². The number of halogens is 3. The molecule has 25 heavy (non-hydrogen) atoms. The third kappa shape index (κ3) is 4.51. The largest absolute Gasteiger partial charge is 0.352 e. The molecule has 1 saturated carbocycles. The smallest absolute Gasteiger partial charge is 0.242 e. The molecule has 0 radical (unpaired) electrons. The van der Waals surface area contributed by atoms with E-state index < -0.39 is 6.04 Å². The highest BCUT2D eigenvalue weighted by Crippen LogP contribution is 2.30. The van der Waals surface area contributed by atoms with Gasteiger partial charge in [-0.05, 0) is 49.2 Å². The monoisotopic (exact) mass is 380 g/mol. The maximum absolute atomic E-state index is 13.3. The number of rotatable bonds is 6. The summed E-state index contributed by atoms with van der Waals surface area (Å²) in [7, 11) is 1.84. The molecule has 1 N–H and O–H groups in total. The Morgan fingerprint density at radius 3 is 2.56 bits per heavy atom. The number of carbonyl (C=O) groups excluding carboxylic acids is 1. The first-order valence-electron chi connectivity index (χ1n) is 8.14. The summed E-state index contributed by atoms with van der Waals surface area (Å²) in [4.78, 5) is 14.6. The summed E-state index contributed by atoms with van der Waals surface area (Å²) in [5.74, 6) is -0.416. The molecular formula is C19H19Cl2FN2O. The fourth-order valence-corrected chi connectivity index (χ4v) is 3.17. The van der Waals surface area contributed by atoms with Gasteiger partial charge in [0.05, 0.1) is 10.0 Å². The van der Waals surface area contributed by atoms with Crippen LogP contribution in [0.3, 0.4) is 0 Å². The van der Waals surface area contributed by atoms with Crippen LogP contribution >= 0.6 is 23.2 Å². The van der Waals surface area contributed by atoms with Gasteiger partial charge in [-0.3, -0.25) is 9.69 Å². The van der Waals surface area contributed by atoms with Crippen LogP contribution in [0.5, 0.6) is 0 Å². The average molecular weight is 381 g/mol. The normalized spacial score (nSPS) is 15.2. The Bertz CT molecular complexity index is 763. The topological polar surface area (TPSA) is 32.3 Å². The Morgan fingerprint density at radius 1 is 1.24 bits per heavy atom. The number of amides is 1. The number of hydrogen-bond donors (Lipinski definition) is 1. The van der Waals surface area contributed by atoms with Crippen molar-refractivity contribution in [3.63, 3.8) is 0 Å². The summed E-state index contributed by atoms with van der Waals surface area (Å²) in [5.41, 5.74) is 1.57. The molecule has 0 unspecified atom stereocenters. The summed E-state index contributed by atoms with van der Waals surface area (Å²) in [6.45, 7) is 0.444. The fourth-order valence-electron chi connectivity index (χ4n) is 2.79. The van der Waals surface area contributed by atoms with Crippen LogP contribution in [0.15, 0.2) is 42.5 Å². The Kier molecular flexibility index (Phi) is 5.62. The van der Waals surface area contributed by atoms with E-state index in [1.54, 1.807) is 18.2 Å². The van der Waals surface area contributed by atoms with E-state index in [2.05, 4.69) is 5.32 Å². The van der Waals surface area contributed by atoms with Gasteiger partial charge in [0.2, 0.25) is 5.91 Å². The molecule has 0 aromatic heterocycles. The van der Waals surface area contributed by atoms with E-state index in [4.69, 9.17) is 23.2 Å². The van der Waals surface area contributed by atoms with Gasteiger partial charge < -0.3 is 5.32 Å². The highest BCUT2D eigenvalue weighted by atomic mass is 35.5. The zero-order valence-electron chi connectivity index (χ0n) is 13.8. The molecule has 0 heterocycles. The standard InChI is InChI=1S/C19H19Cl2FN2O/c1-24(11-13-3-2-4-16(20)17(13)21)18(19(25)23-15-9-10-15)12-5-7-14(22)8-6-12/h2-8,15,18H,9-11H2,1H3,(H,23,25)/t18-/m0/s1. The molecule has 6 heteroatoms. The van der Waals surface area contributed by atoms with Crippen molar-refractivity contribution in [1.82, 2.24) is 10.2 Å². The van der Waals surface area contributed by atoms with Gasteiger partial charge in [0.1, 0.15) is 11.9 Å². The molecule has 132 valence electrons. The minimum absolute atomic E-state index is 0.0882. The van der Waals surface area contributed by atoms with Crippen LogP contribution in [0.4, 0.5) is 4.39 Å². The zero-order valence-corrected chi connectivity index (χ0v) is 15.3. The molecule has 2 aromatic carbocycles. The molecule has 1 aliphatic rings. The first kappa shape index (κ1) is 18.2. The lowest BCUT2D eigenvalue weighted by Crippen LogP contribution is -2.39. The second kappa shape index (κ2) is 7.73. The minimum Gasteiger partial charge on any atom is -0.352 e. The number of likely N-dealkylation sites (N-methyl/N-ethyl adjacent to an activating group) is 1. The lowest BCUT2D eigenvalue weighted by Gasteiger charge is -2.28.